The minimum atomic E-state index is 0.444. The number of fused-ring (bicyclic) bond motifs is 1. The van der Waals surface area contributed by atoms with Gasteiger partial charge in [0.2, 0.25) is 5.88 Å². The average molecular weight is 238 g/mol. The number of rotatable bonds is 1. The molecule has 0 atom stereocenters. The molecule has 0 amide bonds. The van der Waals surface area contributed by atoms with Crippen molar-refractivity contribution >= 4 is 12.2 Å². The number of aromatic nitrogens is 2. The Morgan fingerprint density at radius 2 is 1.88 bits per heavy atom. The second-order valence-electron chi connectivity index (χ2n) is 4.97. The van der Waals surface area contributed by atoms with E-state index < -0.39 is 0 Å². The van der Waals surface area contributed by atoms with Crippen molar-refractivity contribution < 1.29 is 5.11 Å². The highest BCUT2D eigenvalue weighted by Gasteiger charge is 2.26. The molecule has 0 spiro atoms. The lowest BCUT2D eigenvalue weighted by atomic mass is 9.95. The summed E-state index contributed by atoms with van der Waals surface area (Å²) in [7, 11) is 0. The van der Waals surface area contributed by atoms with Crippen LogP contribution in [0.1, 0.15) is 50.3 Å². The summed E-state index contributed by atoms with van der Waals surface area (Å²) in [5.74, 6) is 0.453. The predicted octanol–water partition coefficient (Wildman–Crippen LogP) is 3.18. The zero-order chi connectivity index (χ0) is 11.1. The number of hydrogen-bond acceptors (Lipinski definition) is 2. The normalized spacial score (nSPS) is 21.2. The van der Waals surface area contributed by atoms with Gasteiger partial charge in [0.1, 0.15) is 0 Å². The van der Waals surface area contributed by atoms with E-state index in [-0.39, 0.29) is 0 Å². The Balaban J connectivity index is 2.04. The van der Waals surface area contributed by atoms with Crippen molar-refractivity contribution in [1.82, 2.24) is 9.13 Å². The lowest BCUT2D eigenvalue weighted by Crippen LogP contribution is -2.13. The molecule has 1 aliphatic heterocycles. The highest BCUT2D eigenvalue weighted by molar-refractivity contribution is 7.71. The Hall–Kier alpha value is -0.770. The standard InChI is InChI=1S/C12H18N2OS/c15-11-10-7-4-8-13(10)12(16)14(11)9-5-2-1-3-6-9/h9,15H,1-8H2. The molecule has 1 N–H and O–H groups in total. The predicted molar refractivity (Wildman–Crippen MR) is 65.4 cm³/mol. The van der Waals surface area contributed by atoms with Crippen molar-refractivity contribution in [3.05, 3.63) is 10.5 Å². The maximum atomic E-state index is 10.3. The molecule has 1 saturated carbocycles. The van der Waals surface area contributed by atoms with Crippen LogP contribution in [0.5, 0.6) is 5.88 Å². The van der Waals surface area contributed by atoms with E-state index in [9.17, 15) is 5.11 Å². The first-order chi connectivity index (χ1) is 7.79. The Labute approximate surface area is 101 Å². The molecule has 3 rings (SSSR count). The molecule has 0 bridgehead atoms. The summed E-state index contributed by atoms with van der Waals surface area (Å²) in [5, 5.41) is 10.3. The molecular formula is C12H18N2OS. The molecule has 4 heteroatoms. The van der Waals surface area contributed by atoms with Crippen LogP contribution in [0.3, 0.4) is 0 Å². The van der Waals surface area contributed by atoms with Crippen molar-refractivity contribution in [3.8, 4) is 5.88 Å². The lowest BCUT2D eigenvalue weighted by molar-refractivity contribution is 0.308. The summed E-state index contributed by atoms with van der Waals surface area (Å²) < 4.78 is 4.99. The number of aromatic hydroxyl groups is 1. The first-order valence-corrected chi connectivity index (χ1v) is 6.72. The van der Waals surface area contributed by atoms with Gasteiger partial charge in [-0.05, 0) is 37.9 Å². The third kappa shape index (κ3) is 1.43. The Bertz CT molecular complexity index is 454. The van der Waals surface area contributed by atoms with Crippen molar-refractivity contribution in [1.29, 1.82) is 0 Å². The summed E-state index contributed by atoms with van der Waals surface area (Å²) >= 11 is 5.49. The number of nitrogens with zero attached hydrogens (tertiary/aromatic N) is 2. The highest BCUT2D eigenvalue weighted by Crippen LogP contribution is 2.36. The van der Waals surface area contributed by atoms with Crippen LogP contribution in [-0.2, 0) is 13.0 Å². The average Bonchev–Trinajstić information content (AvgIpc) is 2.86. The molecule has 88 valence electrons. The molecule has 0 radical (unpaired) electrons. The maximum absolute atomic E-state index is 10.3. The zero-order valence-corrected chi connectivity index (χ0v) is 10.3. The summed E-state index contributed by atoms with van der Waals surface area (Å²) in [6.45, 7) is 0.988. The van der Waals surface area contributed by atoms with Gasteiger partial charge in [-0.2, -0.15) is 0 Å². The quantitative estimate of drug-likeness (QED) is 0.762. The molecule has 0 aromatic carbocycles. The monoisotopic (exact) mass is 238 g/mol. The van der Waals surface area contributed by atoms with E-state index in [4.69, 9.17) is 12.2 Å². The van der Waals surface area contributed by atoms with Crippen molar-refractivity contribution in [2.24, 2.45) is 0 Å². The van der Waals surface area contributed by atoms with Gasteiger partial charge in [0.15, 0.2) is 4.77 Å². The Morgan fingerprint density at radius 3 is 2.56 bits per heavy atom. The van der Waals surface area contributed by atoms with Crippen LogP contribution < -0.4 is 0 Å². The Morgan fingerprint density at radius 1 is 1.12 bits per heavy atom. The van der Waals surface area contributed by atoms with Crippen LogP contribution >= 0.6 is 12.2 Å². The minimum Gasteiger partial charge on any atom is -0.493 e. The van der Waals surface area contributed by atoms with Crippen LogP contribution in [0.15, 0.2) is 0 Å². The third-order valence-corrected chi connectivity index (χ3v) is 4.40. The molecular weight excluding hydrogens is 220 g/mol. The second kappa shape index (κ2) is 3.91. The highest BCUT2D eigenvalue weighted by atomic mass is 32.1. The number of hydrogen-bond donors (Lipinski definition) is 1. The molecule has 2 aliphatic rings. The van der Waals surface area contributed by atoms with Crippen molar-refractivity contribution in [3.63, 3.8) is 0 Å². The fourth-order valence-corrected chi connectivity index (χ4v) is 3.58. The molecule has 3 nitrogen and oxygen atoms in total. The maximum Gasteiger partial charge on any atom is 0.213 e. The molecule has 1 fully saturated rings. The third-order valence-electron chi connectivity index (χ3n) is 3.98. The molecule has 1 aromatic rings. The SMILES string of the molecule is Oc1c2n(c(=S)n1C1CCCCC1)CCC2. The summed E-state index contributed by atoms with van der Waals surface area (Å²) in [5.41, 5.74) is 1.07. The van der Waals surface area contributed by atoms with E-state index in [0.29, 0.717) is 11.9 Å². The van der Waals surface area contributed by atoms with Crippen molar-refractivity contribution in [2.75, 3.05) is 0 Å². The van der Waals surface area contributed by atoms with Crippen LogP contribution in [0.25, 0.3) is 0 Å². The first kappa shape index (κ1) is 10.4. The van der Waals surface area contributed by atoms with Crippen LogP contribution in [0.4, 0.5) is 0 Å². The van der Waals surface area contributed by atoms with Crippen molar-refractivity contribution in [2.45, 2.75) is 57.5 Å². The van der Waals surface area contributed by atoms with Gasteiger partial charge in [-0.3, -0.25) is 4.57 Å². The van der Waals surface area contributed by atoms with Gasteiger partial charge in [0, 0.05) is 12.6 Å². The fraction of sp³-hybridized carbons (Fsp3) is 0.750. The van der Waals surface area contributed by atoms with Gasteiger partial charge >= 0.3 is 0 Å². The van der Waals surface area contributed by atoms with Crippen LogP contribution in [0, 0.1) is 4.77 Å². The van der Waals surface area contributed by atoms with E-state index in [1.54, 1.807) is 0 Å². The number of imidazole rings is 1. The van der Waals surface area contributed by atoms with Gasteiger partial charge in [0.25, 0.3) is 0 Å². The molecule has 1 aromatic heterocycles. The van der Waals surface area contributed by atoms with Gasteiger partial charge < -0.3 is 9.67 Å². The lowest BCUT2D eigenvalue weighted by Gasteiger charge is -2.23. The fourth-order valence-electron chi connectivity index (χ4n) is 3.15. The smallest absolute Gasteiger partial charge is 0.213 e. The summed E-state index contributed by atoms with van der Waals surface area (Å²) in [6.07, 6.45) is 8.32. The molecule has 1 aliphatic carbocycles. The van der Waals surface area contributed by atoms with E-state index in [1.165, 1.54) is 32.1 Å². The molecule has 0 saturated heterocycles. The zero-order valence-electron chi connectivity index (χ0n) is 9.48. The largest absolute Gasteiger partial charge is 0.493 e. The molecule has 0 unspecified atom stereocenters. The summed E-state index contributed by atoms with van der Waals surface area (Å²) in [4.78, 5) is 0. The topological polar surface area (TPSA) is 30.1 Å². The van der Waals surface area contributed by atoms with Gasteiger partial charge in [-0.15, -0.1) is 0 Å². The first-order valence-electron chi connectivity index (χ1n) is 6.32. The van der Waals surface area contributed by atoms with Crippen LogP contribution in [0.2, 0.25) is 0 Å². The van der Waals surface area contributed by atoms with E-state index in [2.05, 4.69) is 4.57 Å². The van der Waals surface area contributed by atoms with Crippen LogP contribution in [-0.4, -0.2) is 14.2 Å². The van der Waals surface area contributed by atoms with Gasteiger partial charge in [0.05, 0.1) is 5.69 Å². The minimum absolute atomic E-state index is 0.444. The molecule has 16 heavy (non-hydrogen) atoms. The molecule has 2 heterocycles. The second-order valence-corrected chi connectivity index (χ2v) is 5.34. The summed E-state index contributed by atoms with van der Waals surface area (Å²) in [6, 6.07) is 0.444. The van der Waals surface area contributed by atoms with Gasteiger partial charge in [-0.25, -0.2) is 0 Å². The van der Waals surface area contributed by atoms with E-state index >= 15 is 0 Å². The van der Waals surface area contributed by atoms with E-state index in [0.717, 1.165) is 29.9 Å². The van der Waals surface area contributed by atoms with Gasteiger partial charge in [-0.1, -0.05) is 19.3 Å². The Kier molecular flexibility index (Phi) is 2.54. The van der Waals surface area contributed by atoms with E-state index in [1.807, 2.05) is 4.57 Å².